The standard InChI is InChI=1S/C25H27NO10/c1-34-19-11-14(4-6-18(19)28)23-16(12-27)15-9-13(10-20(35-2)24(15)36-23)3-7-21(29)26-17(25(32)33)5-8-22(30)31/h3-4,6-7,9-11,16-17,23,27-28H,5,8,12H2,1-2H3,(H,26,29)(H,30,31)(H,32,33). The van der Waals surface area contributed by atoms with Crippen LogP contribution in [0.1, 0.15) is 41.6 Å². The summed E-state index contributed by atoms with van der Waals surface area (Å²) < 4.78 is 16.8. The Morgan fingerprint density at radius 3 is 2.44 bits per heavy atom. The number of amides is 1. The van der Waals surface area contributed by atoms with Gasteiger partial charge in [0.05, 0.1) is 26.7 Å². The van der Waals surface area contributed by atoms with Crippen LogP contribution in [0.15, 0.2) is 36.4 Å². The zero-order valence-electron chi connectivity index (χ0n) is 19.6. The first-order chi connectivity index (χ1) is 17.2. The number of carbonyl (C=O) groups is 3. The van der Waals surface area contributed by atoms with E-state index in [1.807, 2.05) is 0 Å². The van der Waals surface area contributed by atoms with Gasteiger partial charge in [0.2, 0.25) is 5.91 Å². The minimum absolute atomic E-state index is 0.0336. The number of phenols is 1. The molecule has 1 heterocycles. The van der Waals surface area contributed by atoms with E-state index in [2.05, 4.69) is 5.32 Å². The lowest BCUT2D eigenvalue weighted by atomic mass is 9.90. The molecule has 1 aliphatic rings. The third-order valence-corrected chi connectivity index (χ3v) is 5.75. The molecule has 2 aromatic carbocycles. The van der Waals surface area contributed by atoms with Crippen molar-refractivity contribution in [2.24, 2.45) is 0 Å². The van der Waals surface area contributed by atoms with Gasteiger partial charge in [-0.1, -0.05) is 6.07 Å². The predicted molar refractivity (Wildman–Crippen MR) is 126 cm³/mol. The number of hydrogen-bond acceptors (Lipinski definition) is 8. The van der Waals surface area contributed by atoms with E-state index in [0.717, 1.165) is 6.08 Å². The first kappa shape index (κ1) is 26.4. The Kier molecular flexibility index (Phi) is 8.38. The number of carbonyl (C=O) groups excluding carboxylic acids is 1. The van der Waals surface area contributed by atoms with Gasteiger partial charge in [0.1, 0.15) is 12.1 Å². The Balaban J connectivity index is 1.84. The van der Waals surface area contributed by atoms with Crippen molar-refractivity contribution in [3.05, 3.63) is 53.1 Å². The summed E-state index contributed by atoms with van der Waals surface area (Å²) in [5, 5.41) is 40.3. The van der Waals surface area contributed by atoms with Crippen LogP contribution in [0.5, 0.6) is 23.0 Å². The monoisotopic (exact) mass is 501 g/mol. The summed E-state index contributed by atoms with van der Waals surface area (Å²) in [6, 6.07) is 6.76. The second kappa shape index (κ2) is 11.5. The molecule has 0 saturated heterocycles. The predicted octanol–water partition coefficient (Wildman–Crippen LogP) is 2.07. The molecule has 1 aliphatic heterocycles. The molecule has 0 saturated carbocycles. The van der Waals surface area contributed by atoms with E-state index >= 15 is 0 Å². The first-order valence-corrected chi connectivity index (χ1v) is 11.0. The van der Waals surface area contributed by atoms with Gasteiger partial charge in [-0.3, -0.25) is 9.59 Å². The topological polar surface area (TPSA) is 172 Å². The molecular weight excluding hydrogens is 474 g/mol. The minimum atomic E-state index is -1.34. The van der Waals surface area contributed by atoms with E-state index in [1.165, 1.54) is 26.4 Å². The lowest BCUT2D eigenvalue weighted by Gasteiger charge is -2.18. The van der Waals surface area contributed by atoms with Crippen LogP contribution < -0.4 is 19.5 Å². The number of aliphatic hydroxyl groups is 1. The number of aliphatic hydroxyl groups excluding tert-OH is 1. The van der Waals surface area contributed by atoms with Crippen molar-refractivity contribution in [1.82, 2.24) is 5.32 Å². The average Bonchev–Trinajstić information content (AvgIpc) is 3.23. The molecule has 0 radical (unpaired) electrons. The summed E-state index contributed by atoms with van der Waals surface area (Å²) in [6.07, 6.45) is 1.32. The normalized spacial score (nSPS) is 17.2. The van der Waals surface area contributed by atoms with Gasteiger partial charge in [-0.05, 0) is 47.9 Å². The quantitative estimate of drug-likeness (QED) is 0.287. The molecule has 36 heavy (non-hydrogen) atoms. The Labute approximate surface area is 206 Å². The average molecular weight is 501 g/mol. The number of aliphatic carboxylic acids is 2. The van der Waals surface area contributed by atoms with Crippen LogP contribution in [0.3, 0.4) is 0 Å². The highest BCUT2D eigenvalue weighted by molar-refractivity contribution is 5.94. The number of carboxylic acids is 2. The van der Waals surface area contributed by atoms with Crippen molar-refractivity contribution in [2.45, 2.75) is 30.9 Å². The fraction of sp³-hybridized carbons (Fsp3) is 0.320. The molecule has 0 spiro atoms. The van der Waals surface area contributed by atoms with E-state index in [0.29, 0.717) is 28.2 Å². The van der Waals surface area contributed by atoms with Crippen molar-refractivity contribution < 1.29 is 49.0 Å². The number of phenolic OH excluding ortho intramolecular Hbond substituents is 1. The fourth-order valence-electron chi connectivity index (χ4n) is 3.95. The summed E-state index contributed by atoms with van der Waals surface area (Å²) >= 11 is 0. The summed E-state index contributed by atoms with van der Waals surface area (Å²) in [5.41, 5.74) is 1.84. The number of methoxy groups -OCH3 is 2. The van der Waals surface area contributed by atoms with E-state index < -0.39 is 42.3 Å². The molecule has 3 rings (SSSR count). The van der Waals surface area contributed by atoms with Gasteiger partial charge in [0, 0.05) is 18.1 Å². The smallest absolute Gasteiger partial charge is 0.326 e. The molecule has 192 valence electrons. The van der Waals surface area contributed by atoms with Gasteiger partial charge in [-0.2, -0.15) is 0 Å². The van der Waals surface area contributed by atoms with Gasteiger partial charge in [-0.25, -0.2) is 4.79 Å². The molecule has 1 amide bonds. The Morgan fingerprint density at radius 2 is 1.83 bits per heavy atom. The molecule has 2 aromatic rings. The van der Waals surface area contributed by atoms with Gasteiger partial charge < -0.3 is 40.0 Å². The van der Waals surface area contributed by atoms with Crippen LogP contribution >= 0.6 is 0 Å². The summed E-state index contributed by atoms with van der Waals surface area (Å²) in [5.74, 6) is -2.69. The van der Waals surface area contributed by atoms with E-state index in [9.17, 15) is 29.7 Å². The molecule has 0 bridgehead atoms. The van der Waals surface area contributed by atoms with Crippen LogP contribution in [0.25, 0.3) is 6.08 Å². The molecule has 0 aromatic heterocycles. The first-order valence-electron chi connectivity index (χ1n) is 11.0. The van der Waals surface area contributed by atoms with E-state index in [1.54, 1.807) is 24.3 Å². The zero-order valence-corrected chi connectivity index (χ0v) is 19.6. The number of fused-ring (bicyclic) bond motifs is 1. The largest absolute Gasteiger partial charge is 0.504 e. The highest BCUT2D eigenvalue weighted by atomic mass is 16.5. The number of rotatable bonds is 11. The third-order valence-electron chi connectivity index (χ3n) is 5.75. The van der Waals surface area contributed by atoms with Crippen LogP contribution in [0.2, 0.25) is 0 Å². The number of carboxylic acid groups (broad SMARTS) is 2. The Hall–Kier alpha value is -4.25. The molecule has 11 heteroatoms. The number of nitrogens with one attached hydrogen (secondary N) is 1. The molecule has 0 fully saturated rings. The minimum Gasteiger partial charge on any atom is -0.504 e. The van der Waals surface area contributed by atoms with Crippen molar-refractivity contribution in [1.29, 1.82) is 0 Å². The second-order valence-corrected chi connectivity index (χ2v) is 8.07. The number of aromatic hydroxyl groups is 1. The number of hydrogen-bond donors (Lipinski definition) is 5. The Morgan fingerprint density at radius 1 is 1.11 bits per heavy atom. The van der Waals surface area contributed by atoms with Gasteiger partial charge in [0.15, 0.2) is 23.0 Å². The van der Waals surface area contributed by atoms with E-state index in [4.69, 9.17) is 19.3 Å². The Bertz CT molecular complexity index is 1180. The lowest BCUT2D eigenvalue weighted by Crippen LogP contribution is -2.40. The highest BCUT2D eigenvalue weighted by Crippen LogP contribution is 2.51. The maximum Gasteiger partial charge on any atom is 0.326 e. The molecule has 0 aliphatic carbocycles. The maximum absolute atomic E-state index is 12.3. The second-order valence-electron chi connectivity index (χ2n) is 8.07. The summed E-state index contributed by atoms with van der Waals surface area (Å²) in [4.78, 5) is 34.3. The third kappa shape index (κ3) is 5.87. The lowest BCUT2D eigenvalue weighted by molar-refractivity contribution is -0.142. The summed E-state index contributed by atoms with van der Waals surface area (Å²) in [7, 11) is 2.87. The SMILES string of the molecule is COc1cc(C2Oc3c(OC)cc(C=CC(=O)NC(CCC(=O)O)C(=O)O)cc3C2CO)ccc1O. The number of benzene rings is 2. The highest BCUT2D eigenvalue weighted by Gasteiger charge is 2.38. The van der Waals surface area contributed by atoms with Crippen LogP contribution in [0, 0.1) is 0 Å². The zero-order chi connectivity index (χ0) is 26.4. The number of ether oxygens (including phenoxy) is 3. The van der Waals surface area contributed by atoms with Gasteiger partial charge >= 0.3 is 11.9 Å². The van der Waals surface area contributed by atoms with Crippen molar-refractivity contribution in [3.8, 4) is 23.0 Å². The van der Waals surface area contributed by atoms with Crippen molar-refractivity contribution in [3.63, 3.8) is 0 Å². The van der Waals surface area contributed by atoms with Gasteiger partial charge in [0.25, 0.3) is 0 Å². The summed E-state index contributed by atoms with van der Waals surface area (Å²) in [6.45, 7) is -0.262. The van der Waals surface area contributed by atoms with Crippen LogP contribution in [-0.4, -0.2) is 65.1 Å². The molecule has 3 atom stereocenters. The molecular formula is C25H27NO10. The molecule has 3 unspecified atom stereocenters. The molecule has 11 nitrogen and oxygen atoms in total. The van der Waals surface area contributed by atoms with Crippen LogP contribution in [-0.2, 0) is 14.4 Å². The fourth-order valence-corrected chi connectivity index (χ4v) is 3.95. The molecule has 5 N–H and O–H groups in total. The van der Waals surface area contributed by atoms with E-state index in [-0.39, 0.29) is 24.5 Å². The van der Waals surface area contributed by atoms with Crippen molar-refractivity contribution in [2.75, 3.05) is 20.8 Å². The van der Waals surface area contributed by atoms with Crippen LogP contribution in [0.4, 0.5) is 0 Å². The van der Waals surface area contributed by atoms with Crippen molar-refractivity contribution >= 4 is 23.9 Å². The maximum atomic E-state index is 12.3. The van der Waals surface area contributed by atoms with Gasteiger partial charge in [-0.15, -0.1) is 0 Å².